The zero-order valence-electron chi connectivity index (χ0n) is 16.0. The van der Waals surface area contributed by atoms with E-state index in [4.69, 9.17) is 4.42 Å². The zero-order valence-corrected chi connectivity index (χ0v) is 16.0. The molecule has 144 valence electrons. The number of nitrogens with zero attached hydrogens (tertiary/aromatic N) is 4. The molecule has 4 rings (SSSR count). The summed E-state index contributed by atoms with van der Waals surface area (Å²) in [5.74, 6) is 1.24. The van der Waals surface area contributed by atoms with Crippen molar-refractivity contribution in [1.82, 2.24) is 25.4 Å². The van der Waals surface area contributed by atoms with Crippen LogP contribution in [0.3, 0.4) is 0 Å². The van der Waals surface area contributed by atoms with Crippen LogP contribution in [0.25, 0.3) is 11.5 Å². The van der Waals surface area contributed by atoms with Gasteiger partial charge in [-0.15, -0.1) is 10.2 Å². The summed E-state index contributed by atoms with van der Waals surface area (Å²) in [6, 6.07) is 12.3. The van der Waals surface area contributed by atoms with Crippen LogP contribution in [0.4, 0.5) is 0 Å². The minimum absolute atomic E-state index is 0.0133. The second kappa shape index (κ2) is 7.90. The molecule has 0 unspecified atom stereocenters. The first-order chi connectivity index (χ1) is 13.6. The molecule has 1 aromatic carbocycles. The van der Waals surface area contributed by atoms with Crippen molar-refractivity contribution in [3.8, 4) is 11.5 Å². The molecule has 0 spiro atoms. The molecular weight excluding hydrogens is 354 g/mol. The normalized spacial score (nSPS) is 19.6. The number of carbonyl (C=O) groups excluding carboxylic acids is 1. The van der Waals surface area contributed by atoms with E-state index in [2.05, 4.69) is 56.6 Å². The summed E-state index contributed by atoms with van der Waals surface area (Å²) in [4.78, 5) is 18.0. The average molecular weight is 377 g/mol. The molecule has 7 nitrogen and oxygen atoms in total. The van der Waals surface area contributed by atoms with Crippen LogP contribution in [0.15, 0.2) is 53.2 Å². The van der Waals surface area contributed by atoms with Crippen LogP contribution in [-0.4, -0.2) is 45.1 Å². The molecule has 2 aromatic heterocycles. The fourth-order valence-electron chi connectivity index (χ4n) is 3.69. The predicted molar refractivity (Wildman–Crippen MR) is 104 cm³/mol. The fourth-order valence-corrected chi connectivity index (χ4v) is 3.69. The lowest BCUT2D eigenvalue weighted by Crippen LogP contribution is -2.38. The minimum Gasteiger partial charge on any atom is -0.419 e. The number of hydrogen-bond acceptors (Lipinski definition) is 6. The van der Waals surface area contributed by atoms with Crippen molar-refractivity contribution < 1.29 is 9.21 Å². The van der Waals surface area contributed by atoms with Crippen molar-refractivity contribution >= 4 is 5.91 Å². The van der Waals surface area contributed by atoms with E-state index in [9.17, 15) is 4.79 Å². The molecule has 0 aliphatic carbocycles. The summed E-state index contributed by atoms with van der Waals surface area (Å²) in [6.45, 7) is 5.74. The molecule has 1 saturated heterocycles. The molecular formula is C21H23N5O2. The van der Waals surface area contributed by atoms with E-state index in [1.165, 1.54) is 11.1 Å². The highest BCUT2D eigenvalue weighted by Gasteiger charge is 2.35. The summed E-state index contributed by atoms with van der Waals surface area (Å²) in [7, 11) is 0. The Morgan fingerprint density at radius 2 is 2.04 bits per heavy atom. The minimum atomic E-state index is -0.0133. The number of nitrogens with one attached hydrogen (secondary N) is 1. The number of likely N-dealkylation sites (tertiary alicyclic amines) is 1. The quantitative estimate of drug-likeness (QED) is 0.736. The molecule has 1 fully saturated rings. The second-order valence-corrected chi connectivity index (χ2v) is 7.26. The Labute approximate surface area is 163 Å². The monoisotopic (exact) mass is 377 g/mol. The zero-order chi connectivity index (χ0) is 19.5. The molecule has 3 heterocycles. The number of aryl methyl sites for hydroxylation is 1. The number of carbonyl (C=O) groups is 1. The van der Waals surface area contributed by atoms with E-state index < -0.39 is 0 Å². The smallest absolute Gasteiger partial charge is 0.249 e. The lowest BCUT2D eigenvalue weighted by molar-refractivity contribution is -0.119. The maximum Gasteiger partial charge on any atom is 0.249 e. The number of benzene rings is 1. The summed E-state index contributed by atoms with van der Waals surface area (Å²) >= 11 is 0. The molecule has 0 bridgehead atoms. The van der Waals surface area contributed by atoms with Gasteiger partial charge in [-0.05, 0) is 24.6 Å². The third-order valence-electron chi connectivity index (χ3n) is 5.02. The lowest BCUT2D eigenvalue weighted by Gasteiger charge is -2.19. The number of amides is 1. The first kappa shape index (κ1) is 18.3. The Morgan fingerprint density at radius 1 is 1.21 bits per heavy atom. The average Bonchev–Trinajstić information content (AvgIpc) is 3.30. The van der Waals surface area contributed by atoms with Crippen LogP contribution in [0, 0.1) is 6.92 Å². The van der Waals surface area contributed by atoms with Crippen LogP contribution in [0.5, 0.6) is 0 Å². The van der Waals surface area contributed by atoms with Gasteiger partial charge in [-0.25, -0.2) is 0 Å². The Hall–Kier alpha value is -3.06. The number of hydrogen-bond donors (Lipinski definition) is 1. The standard InChI is InChI=1S/C21H23N5O2/c1-14-5-7-16(8-6-14)18-11-26(12-19(18)23-15(2)27)13-20-24-25-21(28-20)17-4-3-9-22-10-17/h3-10,18-19H,11-13H2,1-2H3,(H,23,27)/t18-,19+/m0/s1. The van der Waals surface area contributed by atoms with Gasteiger partial charge in [0, 0.05) is 44.4 Å². The van der Waals surface area contributed by atoms with E-state index >= 15 is 0 Å². The molecule has 1 aliphatic heterocycles. The molecule has 0 radical (unpaired) electrons. The highest BCUT2D eigenvalue weighted by Crippen LogP contribution is 2.29. The second-order valence-electron chi connectivity index (χ2n) is 7.26. The summed E-state index contributed by atoms with van der Waals surface area (Å²) in [5, 5.41) is 11.4. The Bertz CT molecular complexity index is 939. The summed E-state index contributed by atoms with van der Waals surface area (Å²) < 4.78 is 5.81. The van der Waals surface area contributed by atoms with Gasteiger partial charge in [0.15, 0.2) is 0 Å². The van der Waals surface area contributed by atoms with Gasteiger partial charge < -0.3 is 9.73 Å². The first-order valence-corrected chi connectivity index (χ1v) is 9.37. The molecule has 7 heteroatoms. The van der Waals surface area contributed by atoms with Gasteiger partial charge >= 0.3 is 0 Å². The van der Waals surface area contributed by atoms with Crippen LogP contribution < -0.4 is 5.32 Å². The summed E-state index contributed by atoms with van der Waals surface area (Å²) in [6.07, 6.45) is 3.41. The van der Waals surface area contributed by atoms with Crippen molar-refractivity contribution in [3.63, 3.8) is 0 Å². The SMILES string of the molecule is CC(=O)N[C@@H]1CN(Cc2nnc(-c3cccnc3)o2)C[C@H]1c1ccc(C)cc1. The van der Waals surface area contributed by atoms with E-state index in [-0.39, 0.29) is 17.9 Å². The van der Waals surface area contributed by atoms with Crippen LogP contribution in [0.2, 0.25) is 0 Å². The highest BCUT2D eigenvalue weighted by atomic mass is 16.4. The number of rotatable bonds is 5. The predicted octanol–water partition coefficient (Wildman–Crippen LogP) is 2.54. The van der Waals surface area contributed by atoms with Gasteiger partial charge in [-0.2, -0.15) is 0 Å². The largest absolute Gasteiger partial charge is 0.419 e. The molecule has 2 atom stereocenters. The van der Waals surface area contributed by atoms with Gasteiger partial charge in [0.1, 0.15) is 0 Å². The van der Waals surface area contributed by atoms with E-state index in [1.54, 1.807) is 19.3 Å². The molecule has 28 heavy (non-hydrogen) atoms. The van der Waals surface area contributed by atoms with Crippen molar-refractivity contribution in [1.29, 1.82) is 0 Å². The topological polar surface area (TPSA) is 84.2 Å². The maximum absolute atomic E-state index is 11.7. The van der Waals surface area contributed by atoms with Crippen LogP contribution in [-0.2, 0) is 11.3 Å². The first-order valence-electron chi connectivity index (χ1n) is 9.37. The van der Waals surface area contributed by atoms with Gasteiger partial charge in [0.2, 0.25) is 17.7 Å². The van der Waals surface area contributed by atoms with Gasteiger partial charge in [-0.1, -0.05) is 29.8 Å². The van der Waals surface area contributed by atoms with Crippen molar-refractivity contribution in [2.45, 2.75) is 32.4 Å². The number of aromatic nitrogens is 3. The van der Waals surface area contributed by atoms with E-state index in [1.807, 2.05) is 12.1 Å². The third kappa shape index (κ3) is 4.09. The van der Waals surface area contributed by atoms with Crippen molar-refractivity contribution in [2.24, 2.45) is 0 Å². The van der Waals surface area contributed by atoms with Crippen molar-refractivity contribution in [2.75, 3.05) is 13.1 Å². The number of pyridine rings is 1. The van der Waals surface area contributed by atoms with Gasteiger partial charge in [0.05, 0.1) is 12.1 Å². The summed E-state index contributed by atoms with van der Waals surface area (Å²) in [5.41, 5.74) is 3.26. The molecule has 3 aromatic rings. The van der Waals surface area contributed by atoms with Crippen LogP contribution >= 0.6 is 0 Å². The third-order valence-corrected chi connectivity index (χ3v) is 5.02. The molecule has 0 saturated carbocycles. The van der Waals surface area contributed by atoms with Crippen molar-refractivity contribution in [3.05, 3.63) is 65.8 Å². The Balaban J connectivity index is 1.49. The maximum atomic E-state index is 11.7. The Kier molecular flexibility index (Phi) is 5.16. The lowest BCUT2D eigenvalue weighted by atomic mass is 9.93. The van der Waals surface area contributed by atoms with Crippen LogP contribution in [0.1, 0.15) is 29.9 Å². The fraction of sp³-hybridized carbons (Fsp3) is 0.333. The van der Waals surface area contributed by atoms with Gasteiger partial charge in [0.25, 0.3) is 0 Å². The molecule has 1 N–H and O–H groups in total. The molecule has 1 aliphatic rings. The highest BCUT2D eigenvalue weighted by molar-refractivity contribution is 5.73. The van der Waals surface area contributed by atoms with E-state index in [0.29, 0.717) is 18.3 Å². The van der Waals surface area contributed by atoms with Gasteiger partial charge in [-0.3, -0.25) is 14.7 Å². The Morgan fingerprint density at radius 3 is 2.75 bits per heavy atom. The molecule has 1 amide bonds. The van der Waals surface area contributed by atoms with E-state index in [0.717, 1.165) is 18.7 Å².